The molecular weight excluding hydrogens is 242 g/mol. The Morgan fingerprint density at radius 3 is 2.67 bits per heavy atom. The van der Waals surface area contributed by atoms with E-state index in [0.29, 0.717) is 6.42 Å². The second kappa shape index (κ2) is 6.83. The number of hydrogen-bond donors (Lipinski definition) is 2. The number of benzene rings is 1. The predicted molar refractivity (Wildman–Crippen MR) is 77.9 cm³/mol. The standard InChI is InChI=1S/C15H21NOS/c17-15(16-10-9-12-7-4-8-12)14(18)11-13-5-2-1-3-6-13/h1-3,5-6,12,14,18H,4,7-11H2,(H,16,17). The number of nitrogens with one attached hydrogen (secondary N) is 1. The summed E-state index contributed by atoms with van der Waals surface area (Å²) in [5.41, 5.74) is 1.16. The summed E-state index contributed by atoms with van der Waals surface area (Å²) in [6, 6.07) is 10.0. The molecule has 0 aromatic heterocycles. The summed E-state index contributed by atoms with van der Waals surface area (Å²) in [7, 11) is 0. The highest BCUT2D eigenvalue weighted by Gasteiger charge is 2.18. The second-order valence-electron chi connectivity index (χ2n) is 5.08. The van der Waals surface area contributed by atoms with Gasteiger partial charge in [0, 0.05) is 6.54 Å². The van der Waals surface area contributed by atoms with Gasteiger partial charge in [0.05, 0.1) is 5.25 Å². The van der Waals surface area contributed by atoms with E-state index in [4.69, 9.17) is 0 Å². The predicted octanol–water partition coefficient (Wildman–Crippen LogP) is 2.83. The minimum atomic E-state index is -0.242. The van der Waals surface area contributed by atoms with E-state index < -0.39 is 0 Å². The highest BCUT2D eigenvalue weighted by atomic mass is 32.1. The lowest BCUT2D eigenvalue weighted by atomic mass is 9.83. The maximum Gasteiger partial charge on any atom is 0.233 e. The van der Waals surface area contributed by atoms with Gasteiger partial charge in [-0.25, -0.2) is 0 Å². The average Bonchev–Trinajstić information content (AvgIpc) is 2.33. The Morgan fingerprint density at radius 2 is 2.06 bits per heavy atom. The zero-order valence-corrected chi connectivity index (χ0v) is 11.5. The average molecular weight is 263 g/mol. The molecule has 1 amide bonds. The summed E-state index contributed by atoms with van der Waals surface area (Å²) in [5, 5.41) is 2.74. The van der Waals surface area contributed by atoms with Crippen molar-refractivity contribution in [2.24, 2.45) is 5.92 Å². The van der Waals surface area contributed by atoms with Crippen LogP contribution in [0.4, 0.5) is 0 Å². The molecule has 1 unspecified atom stereocenters. The molecule has 0 saturated heterocycles. The molecule has 18 heavy (non-hydrogen) atoms. The molecule has 1 saturated carbocycles. The van der Waals surface area contributed by atoms with Crippen LogP contribution in [0, 0.1) is 5.92 Å². The first kappa shape index (κ1) is 13.5. The molecule has 1 fully saturated rings. The lowest BCUT2D eigenvalue weighted by molar-refractivity contribution is -0.120. The number of rotatable bonds is 6. The van der Waals surface area contributed by atoms with Gasteiger partial charge >= 0.3 is 0 Å². The van der Waals surface area contributed by atoms with E-state index in [1.807, 2.05) is 30.3 Å². The molecule has 1 aliphatic carbocycles. The summed E-state index contributed by atoms with van der Waals surface area (Å²) in [4.78, 5) is 11.8. The minimum absolute atomic E-state index is 0.0570. The summed E-state index contributed by atoms with van der Waals surface area (Å²) in [6.07, 6.45) is 5.85. The molecule has 2 nitrogen and oxygen atoms in total. The van der Waals surface area contributed by atoms with E-state index in [9.17, 15) is 4.79 Å². The fourth-order valence-corrected chi connectivity index (χ4v) is 2.53. The van der Waals surface area contributed by atoms with Crippen molar-refractivity contribution in [2.45, 2.75) is 37.4 Å². The number of amides is 1. The van der Waals surface area contributed by atoms with Crippen molar-refractivity contribution in [2.75, 3.05) is 6.54 Å². The highest BCUT2D eigenvalue weighted by Crippen LogP contribution is 2.28. The van der Waals surface area contributed by atoms with Crippen LogP contribution in [0.5, 0.6) is 0 Å². The van der Waals surface area contributed by atoms with Crippen molar-refractivity contribution < 1.29 is 4.79 Å². The summed E-state index contributed by atoms with van der Waals surface area (Å²) in [5.74, 6) is 0.902. The van der Waals surface area contributed by atoms with Gasteiger partial charge in [-0.1, -0.05) is 49.6 Å². The van der Waals surface area contributed by atoms with Crippen LogP contribution < -0.4 is 5.32 Å². The first-order valence-corrected chi connectivity index (χ1v) is 7.27. The van der Waals surface area contributed by atoms with Crippen molar-refractivity contribution in [3.63, 3.8) is 0 Å². The van der Waals surface area contributed by atoms with Crippen molar-refractivity contribution in [3.8, 4) is 0 Å². The monoisotopic (exact) mass is 263 g/mol. The van der Waals surface area contributed by atoms with E-state index in [1.165, 1.54) is 19.3 Å². The van der Waals surface area contributed by atoms with Crippen LogP contribution in [0.2, 0.25) is 0 Å². The zero-order chi connectivity index (χ0) is 12.8. The fourth-order valence-electron chi connectivity index (χ4n) is 2.23. The molecule has 0 bridgehead atoms. The van der Waals surface area contributed by atoms with Crippen LogP contribution in [0.25, 0.3) is 0 Å². The first-order valence-electron chi connectivity index (χ1n) is 6.75. The van der Waals surface area contributed by atoms with Crippen LogP contribution >= 0.6 is 12.6 Å². The molecule has 98 valence electrons. The van der Waals surface area contributed by atoms with Gasteiger partial charge in [-0.05, 0) is 24.3 Å². The lowest BCUT2D eigenvalue weighted by Crippen LogP contribution is -2.34. The minimum Gasteiger partial charge on any atom is -0.355 e. The van der Waals surface area contributed by atoms with Crippen molar-refractivity contribution in [1.29, 1.82) is 0 Å². The van der Waals surface area contributed by atoms with E-state index >= 15 is 0 Å². The Kier molecular flexibility index (Phi) is 5.12. The van der Waals surface area contributed by atoms with E-state index in [-0.39, 0.29) is 11.2 Å². The lowest BCUT2D eigenvalue weighted by Gasteiger charge is -2.25. The van der Waals surface area contributed by atoms with Crippen LogP contribution in [0.1, 0.15) is 31.2 Å². The van der Waals surface area contributed by atoms with Crippen LogP contribution in [-0.2, 0) is 11.2 Å². The van der Waals surface area contributed by atoms with Crippen molar-refractivity contribution >= 4 is 18.5 Å². The third-order valence-corrected chi connectivity index (χ3v) is 4.07. The topological polar surface area (TPSA) is 29.1 Å². The summed E-state index contributed by atoms with van der Waals surface area (Å²) >= 11 is 4.39. The second-order valence-corrected chi connectivity index (χ2v) is 5.71. The van der Waals surface area contributed by atoms with Gasteiger partial charge in [0.1, 0.15) is 0 Å². The Balaban J connectivity index is 1.67. The van der Waals surface area contributed by atoms with Gasteiger partial charge in [0.25, 0.3) is 0 Å². The molecule has 0 heterocycles. The van der Waals surface area contributed by atoms with Crippen molar-refractivity contribution in [3.05, 3.63) is 35.9 Å². The van der Waals surface area contributed by atoms with E-state index in [1.54, 1.807) is 0 Å². The molecule has 0 spiro atoms. The maximum atomic E-state index is 11.8. The molecule has 1 atom stereocenters. The third kappa shape index (κ3) is 4.05. The van der Waals surface area contributed by atoms with Gasteiger partial charge in [0.15, 0.2) is 0 Å². The molecule has 0 aliphatic heterocycles. The van der Waals surface area contributed by atoms with Gasteiger partial charge in [-0.2, -0.15) is 12.6 Å². The number of carbonyl (C=O) groups excluding carboxylic acids is 1. The van der Waals surface area contributed by atoms with E-state index in [0.717, 1.165) is 24.4 Å². The van der Waals surface area contributed by atoms with Crippen LogP contribution in [0.3, 0.4) is 0 Å². The van der Waals surface area contributed by atoms with Crippen molar-refractivity contribution in [1.82, 2.24) is 5.32 Å². The Bertz CT molecular complexity index is 375. The summed E-state index contributed by atoms with van der Waals surface area (Å²) in [6.45, 7) is 0.801. The normalized spacial score (nSPS) is 16.9. The fraction of sp³-hybridized carbons (Fsp3) is 0.533. The Morgan fingerprint density at radius 1 is 1.33 bits per heavy atom. The summed E-state index contributed by atoms with van der Waals surface area (Å²) < 4.78 is 0. The number of hydrogen-bond acceptors (Lipinski definition) is 2. The molecule has 1 N–H and O–H groups in total. The number of carbonyl (C=O) groups is 1. The smallest absolute Gasteiger partial charge is 0.233 e. The maximum absolute atomic E-state index is 11.8. The highest BCUT2D eigenvalue weighted by molar-refractivity contribution is 7.81. The van der Waals surface area contributed by atoms with Gasteiger partial charge < -0.3 is 5.32 Å². The molecule has 1 aromatic carbocycles. The van der Waals surface area contributed by atoms with Gasteiger partial charge in [-0.15, -0.1) is 0 Å². The molecule has 1 aromatic rings. The molecule has 0 radical (unpaired) electrons. The number of thiol groups is 1. The molecule has 2 rings (SSSR count). The quantitative estimate of drug-likeness (QED) is 0.759. The van der Waals surface area contributed by atoms with Crippen LogP contribution in [-0.4, -0.2) is 17.7 Å². The third-order valence-electron chi connectivity index (χ3n) is 3.65. The molecular formula is C15H21NOS. The first-order chi connectivity index (χ1) is 8.75. The Labute approximate surface area is 115 Å². The zero-order valence-electron chi connectivity index (χ0n) is 10.6. The van der Waals surface area contributed by atoms with Gasteiger partial charge in [0.2, 0.25) is 5.91 Å². The van der Waals surface area contributed by atoms with E-state index in [2.05, 4.69) is 17.9 Å². The largest absolute Gasteiger partial charge is 0.355 e. The SMILES string of the molecule is O=C(NCCC1CCC1)C(S)Cc1ccccc1. The Hall–Kier alpha value is -0.960. The molecule has 1 aliphatic rings. The van der Waals surface area contributed by atoms with Gasteiger partial charge in [-0.3, -0.25) is 4.79 Å². The molecule has 3 heteroatoms. The van der Waals surface area contributed by atoms with Crippen LogP contribution in [0.15, 0.2) is 30.3 Å².